The minimum absolute atomic E-state index is 0.402. The predicted molar refractivity (Wildman–Crippen MR) is 71.6 cm³/mol. The Kier molecular flexibility index (Phi) is 4.12. The van der Waals surface area contributed by atoms with Crippen LogP contribution in [0, 0.1) is 3.57 Å². The summed E-state index contributed by atoms with van der Waals surface area (Å²) < 4.78 is 6.26. The number of amides is 1. The molecule has 0 spiro atoms. The largest absolute Gasteiger partial charge is 0.443 e. The van der Waals surface area contributed by atoms with E-state index in [2.05, 4.69) is 27.6 Å². The lowest BCUT2D eigenvalue weighted by molar-refractivity contribution is 0.0588. The zero-order chi connectivity index (χ0) is 12.3. The highest BCUT2D eigenvalue weighted by Crippen LogP contribution is 2.15. The molecule has 1 rings (SSSR count). The molecular weight excluding hydrogens is 319 g/mol. The van der Waals surface area contributed by atoms with Crippen molar-refractivity contribution >= 4 is 34.5 Å². The van der Waals surface area contributed by atoms with Gasteiger partial charge < -0.3 is 4.74 Å². The lowest BCUT2D eigenvalue weighted by Gasteiger charge is -2.24. The summed E-state index contributed by atoms with van der Waals surface area (Å²) in [7, 11) is 1.64. The van der Waals surface area contributed by atoms with E-state index in [0.29, 0.717) is 5.82 Å². The van der Waals surface area contributed by atoms with Crippen molar-refractivity contribution in [3.8, 4) is 0 Å². The predicted octanol–water partition coefficient (Wildman–Crippen LogP) is 3.06. The molecule has 0 aromatic carbocycles. The maximum atomic E-state index is 11.7. The smallest absolute Gasteiger partial charge is 0.415 e. The van der Waals surface area contributed by atoms with E-state index in [9.17, 15) is 4.79 Å². The zero-order valence-corrected chi connectivity index (χ0v) is 12.0. The number of hydrogen-bond acceptors (Lipinski definition) is 3. The van der Waals surface area contributed by atoms with Crippen molar-refractivity contribution < 1.29 is 9.53 Å². The minimum Gasteiger partial charge on any atom is -0.443 e. The maximum absolute atomic E-state index is 11.7. The Bertz CT molecular complexity index is 371. The molecule has 5 heteroatoms. The second-order valence-corrected chi connectivity index (χ2v) is 5.62. The second-order valence-electron chi connectivity index (χ2n) is 4.37. The van der Waals surface area contributed by atoms with Crippen molar-refractivity contribution in [2.75, 3.05) is 11.9 Å². The van der Waals surface area contributed by atoms with Crippen LogP contribution in [0.2, 0.25) is 0 Å². The molecule has 0 N–H and O–H groups in total. The number of pyridine rings is 1. The number of aromatic nitrogens is 1. The zero-order valence-electron chi connectivity index (χ0n) is 9.82. The van der Waals surface area contributed by atoms with Gasteiger partial charge in [-0.05, 0) is 55.5 Å². The number of rotatable bonds is 1. The third-order valence-electron chi connectivity index (χ3n) is 1.72. The number of nitrogens with zero attached hydrogens (tertiary/aromatic N) is 2. The van der Waals surface area contributed by atoms with Gasteiger partial charge in [-0.1, -0.05) is 0 Å². The molecule has 1 heterocycles. The monoisotopic (exact) mass is 334 g/mol. The quantitative estimate of drug-likeness (QED) is 0.742. The molecule has 0 aliphatic carbocycles. The van der Waals surface area contributed by atoms with Gasteiger partial charge in [-0.15, -0.1) is 0 Å². The van der Waals surface area contributed by atoms with Crippen molar-refractivity contribution in [3.05, 3.63) is 21.9 Å². The highest BCUT2D eigenvalue weighted by atomic mass is 127. The number of ether oxygens (including phenoxy) is 1. The summed E-state index contributed by atoms with van der Waals surface area (Å²) in [5.74, 6) is 0.578. The molecule has 0 saturated carbocycles. The summed E-state index contributed by atoms with van der Waals surface area (Å²) >= 11 is 2.16. The average Bonchev–Trinajstić information content (AvgIpc) is 2.15. The van der Waals surface area contributed by atoms with Gasteiger partial charge in [0, 0.05) is 16.8 Å². The number of hydrogen-bond donors (Lipinski definition) is 0. The van der Waals surface area contributed by atoms with Gasteiger partial charge in [-0.3, -0.25) is 4.90 Å². The molecule has 0 aliphatic heterocycles. The maximum Gasteiger partial charge on any atom is 0.415 e. The Morgan fingerprint density at radius 1 is 1.44 bits per heavy atom. The van der Waals surface area contributed by atoms with E-state index >= 15 is 0 Å². The van der Waals surface area contributed by atoms with Crippen LogP contribution in [0.15, 0.2) is 18.3 Å². The molecule has 0 atom stereocenters. The first kappa shape index (κ1) is 13.2. The van der Waals surface area contributed by atoms with Crippen LogP contribution >= 0.6 is 22.6 Å². The third kappa shape index (κ3) is 3.96. The molecule has 16 heavy (non-hydrogen) atoms. The van der Waals surface area contributed by atoms with Crippen molar-refractivity contribution in [1.29, 1.82) is 0 Å². The van der Waals surface area contributed by atoms with Crippen LogP contribution in [0.4, 0.5) is 10.6 Å². The third-order valence-corrected chi connectivity index (χ3v) is 2.36. The summed E-state index contributed by atoms with van der Waals surface area (Å²) in [5, 5.41) is 0. The van der Waals surface area contributed by atoms with E-state index in [1.54, 1.807) is 19.3 Å². The van der Waals surface area contributed by atoms with E-state index in [1.807, 2.05) is 26.8 Å². The molecule has 0 saturated heterocycles. The van der Waals surface area contributed by atoms with Crippen LogP contribution in [0.3, 0.4) is 0 Å². The Hall–Kier alpha value is -0.850. The molecule has 1 aromatic rings. The molecule has 88 valence electrons. The number of anilines is 1. The molecule has 1 amide bonds. The standard InChI is InChI=1S/C11H15IN2O2/c1-11(2,3)16-10(15)14(4)9-6-5-8(12)7-13-9/h5-7H,1-4H3. The molecular formula is C11H15IN2O2. The first-order chi connectivity index (χ1) is 7.29. The van der Waals surface area contributed by atoms with Gasteiger partial charge in [-0.25, -0.2) is 9.78 Å². The molecule has 1 aromatic heterocycles. The lowest BCUT2D eigenvalue weighted by Crippen LogP contribution is -2.34. The number of halogens is 1. The van der Waals surface area contributed by atoms with Gasteiger partial charge in [0.25, 0.3) is 0 Å². The first-order valence-electron chi connectivity index (χ1n) is 4.88. The van der Waals surface area contributed by atoms with Crippen LogP contribution in [0.5, 0.6) is 0 Å². The topological polar surface area (TPSA) is 42.4 Å². The van der Waals surface area contributed by atoms with Gasteiger partial charge in [0.15, 0.2) is 0 Å². The molecule has 0 unspecified atom stereocenters. The normalized spacial score (nSPS) is 11.1. The highest BCUT2D eigenvalue weighted by Gasteiger charge is 2.20. The highest BCUT2D eigenvalue weighted by molar-refractivity contribution is 14.1. The van der Waals surface area contributed by atoms with Crippen LogP contribution in [0.1, 0.15) is 20.8 Å². The fourth-order valence-electron chi connectivity index (χ4n) is 0.990. The van der Waals surface area contributed by atoms with E-state index in [4.69, 9.17) is 4.74 Å². The molecule has 0 fully saturated rings. The van der Waals surface area contributed by atoms with Crippen LogP contribution < -0.4 is 4.90 Å². The average molecular weight is 334 g/mol. The fraction of sp³-hybridized carbons (Fsp3) is 0.455. The Morgan fingerprint density at radius 3 is 2.50 bits per heavy atom. The SMILES string of the molecule is CN(C(=O)OC(C)(C)C)c1ccc(I)cn1. The van der Waals surface area contributed by atoms with Crippen LogP contribution in [-0.2, 0) is 4.74 Å². The molecule has 0 radical (unpaired) electrons. The summed E-state index contributed by atoms with van der Waals surface area (Å²) in [6, 6.07) is 3.68. The van der Waals surface area contributed by atoms with Gasteiger partial charge in [0.05, 0.1) is 0 Å². The van der Waals surface area contributed by atoms with Crippen molar-refractivity contribution in [1.82, 2.24) is 4.98 Å². The number of carbonyl (C=O) groups excluding carboxylic acids is 1. The van der Waals surface area contributed by atoms with Crippen molar-refractivity contribution in [3.63, 3.8) is 0 Å². The van der Waals surface area contributed by atoms with Crippen LogP contribution in [-0.4, -0.2) is 23.7 Å². The van der Waals surface area contributed by atoms with Gasteiger partial charge >= 0.3 is 6.09 Å². The van der Waals surface area contributed by atoms with Gasteiger partial charge in [0.1, 0.15) is 11.4 Å². The summed E-state index contributed by atoms with van der Waals surface area (Å²) in [4.78, 5) is 17.2. The Morgan fingerprint density at radius 2 is 2.06 bits per heavy atom. The fourth-order valence-corrected chi connectivity index (χ4v) is 1.31. The molecule has 0 aliphatic rings. The van der Waals surface area contributed by atoms with Gasteiger partial charge in [-0.2, -0.15) is 0 Å². The minimum atomic E-state index is -0.492. The molecule has 0 bridgehead atoms. The second kappa shape index (κ2) is 4.99. The van der Waals surface area contributed by atoms with E-state index < -0.39 is 11.7 Å². The van der Waals surface area contributed by atoms with Gasteiger partial charge in [0.2, 0.25) is 0 Å². The first-order valence-corrected chi connectivity index (χ1v) is 5.96. The van der Waals surface area contributed by atoms with Crippen molar-refractivity contribution in [2.24, 2.45) is 0 Å². The van der Waals surface area contributed by atoms with E-state index in [0.717, 1.165) is 3.57 Å². The summed E-state index contributed by atoms with van der Waals surface area (Å²) in [6.45, 7) is 5.50. The number of carbonyl (C=O) groups is 1. The lowest BCUT2D eigenvalue weighted by atomic mass is 10.2. The Labute approximate surface area is 109 Å². The Balaban J connectivity index is 2.74. The summed E-state index contributed by atoms with van der Waals surface area (Å²) in [6.07, 6.45) is 1.30. The van der Waals surface area contributed by atoms with E-state index in [-0.39, 0.29) is 0 Å². The summed E-state index contributed by atoms with van der Waals surface area (Å²) in [5.41, 5.74) is -0.492. The van der Waals surface area contributed by atoms with Crippen molar-refractivity contribution in [2.45, 2.75) is 26.4 Å². The van der Waals surface area contributed by atoms with Crippen LogP contribution in [0.25, 0.3) is 0 Å². The molecule has 4 nitrogen and oxygen atoms in total. The van der Waals surface area contributed by atoms with E-state index in [1.165, 1.54) is 4.90 Å².